The number of fused-ring (bicyclic) bond motifs is 1. The second kappa shape index (κ2) is 5.60. The van der Waals surface area contributed by atoms with E-state index in [1.807, 2.05) is 0 Å². The normalized spacial score (nSPS) is 12.9. The van der Waals surface area contributed by atoms with E-state index in [1.165, 1.54) is 11.8 Å². The molecule has 1 aromatic carbocycles. The lowest BCUT2D eigenvalue weighted by molar-refractivity contribution is -0.136. The quantitative estimate of drug-likeness (QED) is 0.887. The molecule has 1 heterocycles. The molecule has 19 heavy (non-hydrogen) atoms. The summed E-state index contributed by atoms with van der Waals surface area (Å²) in [5.41, 5.74) is 0.609. The van der Waals surface area contributed by atoms with Gasteiger partial charge < -0.3 is 19.5 Å². The number of benzene rings is 1. The molecule has 0 saturated carbocycles. The van der Waals surface area contributed by atoms with Gasteiger partial charge in [0.1, 0.15) is 13.2 Å². The number of rotatable bonds is 4. The first kappa shape index (κ1) is 13.2. The van der Waals surface area contributed by atoms with Crippen LogP contribution in [0, 0.1) is 0 Å². The average Bonchev–Trinajstić information content (AvgIpc) is 2.38. The fraction of sp³-hybridized carbons (Fsp3) is 0.385. The Morgan fingerprint density at radius 3 is 2.58 bits per heavy atom. The number of hydrogen-bond donors (Lipinski definition) is 1. The van der Waals surface area contributed by atoms with Crippen LogP contribution in [-0.2, 0) is 9.59 Å². The van der Waals surface area contributed by atoms with Crippen molar-refractivity contribution < 1.29 is 24.2 Å². The first-order valence-corrected chi connectivity index (χ1v) is 5.97. The molecular formula is C13H15NO5. The third kappa shape index (κ3) is 3.15. The second-order valence-corrected chi connectivity index (χ2v) is 4.14. The highest BCUT2D eigenvalue weighted by molar-refractivity contribution is 5.92. The lowest BCUT2D eigenvalue weighted by Gasteiger charge is -2.24. The highest BCUT2D eigenvalue weighted by Crippen LogP contribution is 2.34. The summed E-state index contributed by atoms with van der Waals surface area (Å²) in [4.78, 5) is 23.6. The van der Waals surface area contributed by atoms with Crippen LogP contribution in [0.1, 0.15) is 13.3 Å². The van der Waals surface area contributed by atoms with Crippen LogP contribution in [0.4, 0.5) is 5.69 Å². The van der Waals surface area contributed by atoms with Crippen molar-refractivity contribution in [2.45, 2.75) is 13.3 Å². The molecular weight excluding hydrogens is 250 g/mol. The Balaban J connectivity index is 2.21. The molecule has 0 aliphatic carbocycles. The summed E-state index contributed by atoms with van der Waals surface area (Å²) >= 11 is 0. The van der Waals surface area contributed by atoms with E-state index in [4.69, 9.17) is 14.6 Å². The van der Waals surface area contributed by atoms with Gasteiger partial charge >= 0.3 is 5.97 Å². The van der Waals surface area contributed by atoms with Gasteiger partial charge in [-0.3, -0.25) is 9.59 Å². The van der Waals surface area contributed by atoms with E-state index in [2.05, 4.69) is 0 Å². The molecule has 0 fully saturated rings. The number of anilines is 1. The molecule has 1 amide bonds. The Hall–Kier alpha value is -2.24. The Morgan fingerprint density at radius 1 is 1.26 bits per heavy atom. The molecule has 102 valence electrons. The van der Waals surface area contributed by atoms with Gasteiger partial charge in [0, 0.05) is 25.2 Å². The predicted octanol–water partition coefficient (Wildman–Crippen LogP) is 1.29. The molecule has 6 heteroatoms. The van der Waals surface area contributed by atoms with Crippen LogP contribution in [0.2, 0.25) is 0 Å². The molecule has 0 unspecified atom stereocenters. The molecule has 1 aliphatic rings. The topological polar surface area (TPSA) is 76.1 Å². The van der Waals surface area contributed by atoms with Crippen LogP contribution in [0.15, 0.2) is 18.2 Å². The van der Waals surface area contributed by atoms with Crippen LogP contribution >= 0.6 is 0 Å². The first-order chi connectivity index (χ1) is 9.08. The number of aliphatic carboxylic acids is 1. The predicted molar refractivity (Wildman–Crippen MR) is 67.7 cm³/mol. The van der Waals surface area contributed by atoms with E-state index < -0.39 is 5.97 Å². The molecule has 0 aromatic heterocycles. The van der Waals surface area contributed by atoms with E-state index in [1.54, 1.807) is 18.2 Å². The van der Waals surface area contributed by atoms with Crippen molar-refractivity contribution in [3.05, 3.63) is 18.2 Å². The minimum atomic E-state index is -0.941. The molecule has 0 atom stereocenters. The molecule has 1 aromatic rings. The number of nitrogens with zero attached hydrogens (tertiary/aromatic N) is 1. The fourth-order valence-electron chi connectivity index (χ4n) is 1.88. The van der Waals surface area contributed by atoms with Crippen LogP contribution in [0.3, 0.4) is 0 Å². The summed E-state index contributed by atoms with van der Waals surface area (Å²) in [6, 6.07) is 5.13. The van der Waals surface area contributed by atoms with Crippen molar-refractivity contribution in [2.75, 3.05) is 24.7 Å². The number of carboxylic acid groups (broad SMARTS) is 1. The van der Waals surface area contributed by atoms with Crippen LogP contribution in [0.5, 0.6) is 11.5 Å². The number of ether oxygens (including phenoxy) is 2. The maximum atomic E-state index is 11.6. The van der Waals surface area contributed by atoms with Gasteiger partial charge in [-0.15, -0.1) is 0 Å². The molecule has 1 aliphatic heterocycles. The summed E-state index contributed by atoms with van der Waals surface area (Å²) in [6.45, 7) is 2.50. The van der Waals surface area contributed by atoms with Crippen molar-refractivity contribution in [1.82, 2.24) is 0 Å². The van der Waals surface area contributed by atoms with Crippen LogP contribution in [0.25, 0.3) is 0 Å². The summed E-state index contributed by atoms with van der Waals surface area (Å²) in [7, 11) is 0. The number of carbonyl (C=O) groups excluding carboxylic acids is 1. The largest absolute Gasteiger partial charge is 0.486 e. The fourth-order valence-corrected chi connectivity index (χ4v) is 1.88. The van der Waals surface area contributed by atoms with E-state index in [0.717, 1.165) is 0 Å². The number of carbonyl (C=O) groups is 2. The first-order valence-electron chi connectivity index (χ1n) is 5.97. The smallest absolute Gasteiger partial charge is 0.305 e. The van der Waals surface area contributed by atoms with E-state index in [0.29, 0.717) is 30.4 Å². The van der Waals surface area contributed by atoms with Crippen LogP contribution < -0.4 is 14.4 Å². The zero-order valence-electron chi connectivity index (χ0n) is 10.6. The number of amides is 1. The van der Waals surface area contributed by atoms with Crippen molar-refractivity contribution in [2.24, 2.45) is 0 Å². The highest BCUT2D eigenvalue weighted by atomic mass is 16.6. The molecule has 6 nitrogen and oxygen atoms in total. The van der Waals surface area contributed by atoms with Crippen molar-refractivity contribution in [1.29, 1.82) is 0 Å². The molecule has 2 rings (SSSR count). The van der Waals surface area contributed by atoms with Gasteiger partial charge in [0.15, 0.2) is 11.5 Å². The Labute approximate surface area is 110 Å². The van der Waals surface area contributed by atoms with Gasteiger partial charge in [-0.25, -0.2) is 0 Å². The summed E-state index contributed by atoms with van der Waals surface area (Å²) < 4.78 is 10.8. The number of hydrogen-bond acceptors (Lipinski definition) is 4. The third-order valence-corrected chi connectivity index (χ3v) is 2.77. The van der Waals surface area contributed by atoms with E-state index in [-0.39, 0.29) is 18.9 Å². The van der Waals surface area contributed by atoms with Gasteiger partial charge in [-0.1, -0.05) is 0 Å². The lowest BCUT2D eigenvalue weighted by Crippen LogP contribution is -2.31. The summed E-state index contributed by atoms with van der Waals surface area (Å²) in [5.74, 6) is 0.0591. The Bertz CT molecular complexity index is 500. The lowest BCUT2D eigenvalue weighted by atomic mass is 10.2. The third-order valence-electron chi connectivity index (χ3n) is 2.77. The average molecular weight is 265 g/mol. The highest BCUT2D eigenvalue weighted by Gasteiger charge is 2.17. The second-order valence-electron chi connectivity index (χ2n) is 4.14. The standard InChI is InChI=1S/C13H15NO5/c1-9(15)14(5-4-13(16)17)10-2-3-11-12(8-10)19-7-6-18-11/h2-3,8H,4-7H2,1H3,(H,16,17). The maximum absolute atomic E-state index is 11.6. The van der Waals surface area contributed by atoms with Crippen molar-refractivity contribution in [3.63, 3.8) is 0 Å². The molecule has 0 spiro atoms. The van der Waals surface area contributed by atoms with Crippen molar-refractivity contribution in [3.8, 4) is 11.5 Å². The molecule has 0 radical (unpaired) electrons. The minimum Gasteiger partial charge on any atom is -0.486 e. The van der Waals surface area contributed by atoms with E-state index >= 15 is 0 Å². The number of carboxylic acids is 1. The van der Waals surface area contributed by atoms with Gasteiger partial charge in [-0.05, 0) is 12.1 Å². The summed E-state index contributed by atoms with van der Waals surface area (Å²) in [6.07, 6.45) is -0.103. The Kier molecular flexibility index (Phi) is 3.89. The molecule has 0 saturated heterocycles. The minimum absolute atomic E-state index is 0.103. The SMILES string of the molecule is CC(=O)N(CCC(=O)O)c1ccc2c(c1)OCCO2. The zero-order valence-corrected chi connectivity index (χ0v) is 10.6. The van der Waals surface area contributed by atoms with E-state index in [9.17, 15) is 9.59 Å². The maximum Gasteiger partial charge on any atom is 0.305 e. The Morgan fingerprint density at radius 2 is 1.95 bits per heavy atom. The van der Waals surface area contributed by atoms with Crippen molar-refractivity contribution >= 4 is 17.6 Å². The van der Waals surface area contributed by atoms with Gasteiger partial charge in [0.25, 0.3) is 0 Å². The van der Waals surface area contributed by atoms with Gasteiger partial charge in [0.2, 0.25) is 5.91 Å². The zero-order chi connectivity index (χ0) is 13.8. The van der Waals surface area contributed by atoms with Gasteiger partial charge in [0.05, 0.1) is 6.42 Å². The monoisotopic (exact) mass is 265 g/mol. The van der Waals surface area contributed by atoms with Gasteiger partial charge in [-0.2, -0.15) is 0 Å². The molecule has 1 N–H and O–H groups in total. The molecule has 0 bridgehead atoms. The summed E-state index contributed by atoms with van der Waals surface area (Å²) in [5, 5.41) is 8.70. The van der Waals surface area contributed by atoms with Crippen LogP contribution in [-0.4, -0.2) is 36.7 Å².